The van der Waals surface area contributed by atoms with E-state index in [-0.39, 0.29) is 17.4 Å². The molecule has 2 heterocycles. The highest BCUT2D eigenvalue weighted by Crippen LogP contribution is 2.12. The van der Waals surface area contributed by atoms with Gasteiger partial charge in [-0.1, -0.05) is 0 Å². The van der Waals surface area contributed by atoms with Crippen molar-refractivity contribution in [3.63, 3.8) is 0 Å². The Morgan fingerprint density at radius 3 is 2.90 bits per heavy atom. The summed E-state index contributed by atoms with van der Waals surface area (Å²) in [6.07, 6.45) is 5.29. The summed E-state index contributed by atoms with van der Waals surface area (Å²) in [6.45, 7) is 4.50. The van der Waals surface area contributed by atoms with E-state index in [0.717, 1.165) is 18.7 Å². The molecule has 0 aliphatic heterocycles. The van der Waals surface area contributed by atoms with E-state index in [1.807, 2.05) is 20.0 Å². The van der Waals surface area contributed by atoms with Crippen LogP contribution < -0.4 is 10.1 Å². The van der Waals surface area contributed by atoms with Crippen molar-refractivity contribution in [3.05, 3.63) is 23.5 Å². The van der Waals surface area contributed by atoms with Gasteiger partial charge in [0, 0.05) is 25.4 Å². The largest absolute Gasteiger partial charge is 0.461 e. The average Bonchev–Trinajstić information content (AvgIpc) is 2.86. The molecule has 7 nitrogen and oxygen atoms in total. The van der Waals surface area contributed by atoms with Crippen molar-refractivity contribution in [2.45, 2.75) is 32.8 Å². The Balaban J connectivity index is 1.84. The molecular weight excluding hydrogens is 280 g/mol. The van der Waals surface area contributed by atoms with E-state index < -0.39 is 0 Å². The molecule has 8 heteroatoms. The maximum absolute atomic E-state index is 5.83. The zero-order valence-corrected chi connectivity index (χ0v) is 12.2. The zero-order valence-electron chi connectivity index (χ0n) is 11.4. The second-order valence-electron chi connectivity index (χ2n) is 4.44. The minimum absolute atomic E-state index is 0.0136. The number of ether oxygens (including phenoxy) is 1. The van der Waals surface area contributed by atoms with Gasteiger partial charge in [0.1, 0.15) is 5.82 Å². The first-order valence-electron chi connectivity index (χ1n) is 6.44. The van der Waals surface area contributed by atoms with Crippen LogP contribution in [0.5, 0.6) is 6.01 Å². The van der Waals surface area contributed by atoms with Crippen LogP contribution in [0, 0.1) is 0 Å². The summed E-state index contributed by atoms with van der Waals surface area (Å²) < 4.78 is 5.40. The molecule has 108 valence electrons. The van der Waals surface area contributed by atoms with E-state index in [0.29, 0.717) is 12.5 Å². The second kappa shape index (κ2) is 7.04. The second-order valence-corrected chi connectivity index (χ2v) is 4.78. The van der Waals surface area contributed by atoms with E-state index in [2.05, 4.69) is 30.2 Å². The van der Waals surface area contributed by atoms with Gasteiger partial charge in [0.2, 0.25) is 11.2 Å². The summed E-state index contributed by atoms with van der Waals surface area (Å²) in [5, 5.41) is 3.21. The van der Waals surface area contributed by atoms with Gasteiger partial charge in [-0.15, -0.1) is 0 Å². The van der Waals surface area contributed by atoms with Gasteiger partial charge < -0.3 is 15.0 Å². The Morgan fingerprint density at radius 1 is 1.35 bits per heavy atom. The molecule has 2 rings (SSSR count). The van der Waals surface area contributed by atoms with Gasteiger partial charge in [-0.2, -0.15) is 15.0 Å². The minimum atomic E-state index is -0.0136. The number of anilines is 1. The predicted molar refractivity (Wildman–Crippen MR) is 76.0 cm³/mol. The van der Waals surface area contributed by atoms with E-state index in [1.165, 1.54) is 0 Å². The molecule has 2 aromatic rings. The number of imidazole rings is 1. The number of hydrogen-bond acceptors (Lipinski definition) is 6. The van der Waals surface area contributed by atoms with Crippen LogP contribution in [0.3, 0.4) is 0 Å². The molecule has 0 atom stereocenters. The lowest BCUT2D eigenvalue weighted by atomic mass is 10.3. The smallest absolute Gasteiger partial charge is 0.322 e. The minimum Gasteiger partial charge on any atom is -0.461 e. The van der Waals surface area contributed by atoms with Crippen LogP contribution in [0.15, 0.2) is 12.4 Å². The van der Waals surface area contributed by atoms with E-state index in [9.17, 15) is 0 Å². The van der Waals surface area contributed by atoms with Crippen molar-refractivity contribution in [1.29, 1.82) is 0 Å². The third-order valence-electron chi connectivity index (χ3n) is 2.36. The first kappa shape index (κ1) is 14.5. The molecular formula is C12H17ClN6O. The highest BCUT2D eigenvalue weighted by molar-refractivity contribution is 6.28. The van der Waals surface area contributed by atoms with Crippen LogP contribution >= 0.6 is 11.6 Å². The Labute approximate surface area is 122 Å². The highest BCUT2D eigenvalue weighted by atomic mass is 35.5. The number of hydrogen-bond donors (Lipinski definition) is 2. The third-order valence-corrected chi connectivity index (χ3v) is 2.53. The van der Waals surface area contributed by atoms with Crippen molar-refractivity contribution in [1.82, 2.24) is 24.9 Å². The van der Waals surface area contributed by atoms with Crippen molar-refractivity contribution < 1.29 is 4.74 Å². The summed E-state index contributed by atoms with van der Waals surface area (Å²) in [7, 11) is 0. The van der Waals surface area contributed by atoms with Gasteiger partial charge in [0.15, 0.2) is 0 Å². The number of nitrogens with one attached hydrogen (secondary N) is 2. The zero-order chi connectivity index (χ0) is 14.4. The molecule has 0 radical (unpaired) electrons. The summed E-state index contributed by atoms with van der Waals surface area (Å²) >= 11 is 5.83. The lowest BCUT2D eigenvalue weighted by Crippen LogP contribution is -2.12. The molecule has 0 saturated carbocycles. The first-order chi connectivity index (χ1) is 9.63. The molecule has 0 unspecified atom stereocenters. The van der Waals surface area contributed by atoms with Gasteiger partial charge in [-0.05, 0) is 31.9 Å². The van der Waals surface area contributed by atoms with E-state index >= 15 is 0 Å². The molecule has 0 aromatic carbocycles. The number of aromatic nitrogens is 5. The van der Waals surface area contributed by atoms with Gasteiger partial charge in [-0.25, -0.2) is 4.98 Å². The van der Waals surface area contributed by atoms with E-state index in [1.54, 1.807) is 6.20 Å². The number of aromatic amines is 1. The molecule has 0 aliphatic rings. The topological polar surface area (TPSA) is 88.6 Å². The number of halogens is 1. The van der Waals surface area contributed by atoms with Crippen LogP contribution in [0.25, 0.3) is 0 Å². The van der Waals surface area contributed by atoms with Crippen molar-refractivity contribution in [3.8, 4) is 6.01 Å². The SMILES string of the molecule is CC(C)Oc1nc(Cl)nc(NCCCc2ncc[nH]2)n1. The Bertz CT molecular complexity index is 531. The average molecular weight is 297 g/mol. The van der Waals surface area contributed by atoms with Crippen LogP contribution in [-0.4, -0.2) is 37.6 Å². The molecule has 0 amide bonds. The first-order valence-corrected chi connectivity index (χ1v) is 6.81. The van der Waals surface area contributed by atoms with Gasteiger partial charge in [0.05, 0.1) is 6.10 Å². The Hall–Kier alpha value is -1.89. The molecule has 0 fully saturated rings. The van der Waals surface area contributed by atoms with Crippen LogP contribution in [0.4, 0.5) is 5.95 Å². The molecule has 0 saturated heterocycles. The monoisotopic (exact) mass is 296 g/mol. The molecule has 2 aromatic heterocycles. The highest BCUT2D eigenvalue weighted by Gasteiger charge is 2.07. The molecule has 2 N–H and O–H groups in total. The molecule has 20 heavy (non-hydrogen) atoms. The predicted octanol–water partition coefficient (Wildman–Crippen LogP) is 2.08. The summed E-state index contributed by atoms with van der Waals surface area (Å²) in [6, 6.07) is 0.230. The quantitative estimate of drug-likeness (QED) is 0.761. The van der Waals surface area contributed by atoms with Gasteiger partial charge >= 0.3 is 6.01 Å². The fourth-order valence-electron chi connectivity index (χ4n) is 1.57. The van der Waals surface area contributed by atoms with Crippen molar-refractivity contribution in [2.75, 3.05) is 11.9 Å². The maximum atomic E-state index is 5.83. The lowest BCUT2D eigenvalue weighted by molar-refractivity contribution is 0.222. The van der Waals surface area contributed by atoms with Crippen LogP contribution in [0.2, 0.25) is 5.28 Å². The fourth-order valence-corrected chi connectivity index (χ4v) is 1.72. The standard InChI is InChI=1S/C12H17ClN6O/c1-8(2)20-12-18-10(13)17-11(19-12)16-5-3-4-9-14-6-7-15-9/h6-8H,3-5H2,1-2H3,(H,14,15)(H,16,17,18,19). The lowest BCUT2D eigenvalue weighted by Gasteiger charge is -2.09. The summed E-state index contributed by atoms with van der Waals surface area (Å²) in [5.74, 6) is 1.38. The number of nitrogens with zero attached hydrogens (tertiary/aromatic N) is 4. The Morgan fingerprint density at radius 2 is 2.20 bits per heavy atom. The Kier molecular flexibility index (Phi) is 5.11. The van der Waals surface area contributed by atoms with Crippen LogP contribution in [-0.2, 0) is 6.42 Å². The van der Waals surface area contributed by atoms with Gasteiger partial charge in [0.25, 0.3) is 0 Å². The number of rotatable bonds is 7. The molecule has 0 aliphatic carbocycles. The van der Waals surface area contributed by atoms with Crippen LogP contribution in [0.1, 0.15) is 26.1 Å². The van der Waals surface area contributed by atoms with Crippen molar-refractivity contribution in [2.24, 2.45) is 0 Å². The summed E-state index contributed by atoms with van der Waals surface area (Å²) in [4.78, 5) is 19.3. The van der Waals surface area contributed by atoms with Crippen molar-refractivity contribution >= 4 is 17.5 Å². The number of H-pyrrole nitrogens is 1. The normalized spacial score (nSPS) is 10.8. The molecule has 0 spiro atoms. The van der Waals surface area contributed by atoms with Gasteiger partial charge in [-0.3, -0.25) is 0 Å². The summed E-state index contributed by atoms with van der Waals surface area (Å²) in [5.41, 5.74) is 0. The third kappa shape index (κ3) is 4.65. The fraction of sp³-hybridized carbons (Fsp3) is 0.500. The molecule has 0 bridgehead atoms. The number of aryl methyl sites for hydroxylation is 1. The maximum Gasteiger partial charge on any atom is 0.322 e. The van der Waals surface area contributed by atoms with E-state index in [4.69, 9.17) is 16.3 Å².